The van der Waals surface area contributed by atoms with Gasteiger partial charge in [-0.15, -0.1) is 0 Å². The van der Waals surface area contributed by atoms with Crippen molar-refractivity contribution in [3.63, 3.8) is 0 Å². The Kier molecular flexibility index (Phi) is 7.56. The molecule has 1 heterocycles. The van der Waals surface area contributed by atoms with E-state index in [1.807, 2.05) is 43.0 Å². The number of amides is 2. The molecular weight excluding hydrogens is 340 g/mol. The lowest BCUT2D eigenvalue weighted by atomic mass is 10.1. The van der Waals surface area contributed by atoms with E-state index in [1.54, 1.807) is 4.90 Å². The van der Waals surface area contributed by atoms with E-state index < -0.39 is 0 Å². The van der Waals surface area contributed by atoms with Crippen LogP contribution in [0.25, 0.3) is 0 Å². The zero-order valence-corrected chi connectivity index (χ0v) is 15.8. The van der Waals surface area contributed by atoms with Crippen molar-refractivity contribution in [1.82, 2.24) is 9.80 Å². The molecule has 138 valence electrons. The molecule has 0 unspecified atom stereocenters. The molecule has 0 bridgehead atoms. The molecule has 1 fully saturated rings. The van der Waals surface area contributed by atoms with Gasteiger partial charge < -0.3 is 14.5 Å². The fraction of sp³-hybridized carbons (Fsp3) is 0.579. The summed E-state index contributed by atoms with van der Waals surface area (Å²) in [5, 5.41) is 0.726. The summed E-state index contributed by atoms with van der Waals surface area (Å²) in [6.45, 7) is 6.69. The summed E-state index contributed by atoms with van der Waals surface area (Å²) in [6.07, 6.45) is 1.94. The fourth-order valence-electron chi connectivity index (χ4n) is 2.72. The quantitative estimate of drug-likeness (QED) is 0.772. The molecule has 1 aliphatic rings. The molecule has 0 atom stereocenters. The van der Waals surface area contributed by atoms with E-state index in [9.17, 15) is 9.59 Å². The summed E-state index contributed by atoms with van der Waals surface area (Å²) < 4.78 is 5.24. The average Bonchev–Trinajstić information content (AvgIpc) is 2.61. The molecule has 0 aliphatic carbocycles. The molecule has 1 aliphatic heterocycles. The van der Waals surface area contributed by atoms with Gasteiger partial charge in [-0.25, -0.2) is 4.79 Å². The number of nitrogens with zero attached hydrogens (tertiary/aromatic N) is 2. The molecule has 0 N–H and O–H groups in total. The number of ether oxygens (including phenoxy) is 1. The van der Waals surface area contributed by atoms with Crippen LogP contribution in [0.4, 0.5) is 4.79 Å². The van der Waals surface area contributed by atoms with E-state index in [2.05, 4.69) is 0 Å². The minimum atomic E-state index is -0.275. The third kappa shape index (κ3) is 6.58. The van der Waals surface area contributed by atoms with E-state index in [0.29, 0.717) is 45.1 Å². The second-order valence-electron chi connectivity index (χ2n) is 6.82. The van der Waals surface area contributed by atoms with Crippen molar-refractivity contribution in [1.29, 1.82) is 0 Å². The normalized spacial score (nSPS) is 14.7. The minimum Gasteiger partial charge on any atom is -0.449 e. The Labute approximate surface area is 154 Å². The van der Waals surface area contributed by atoms with Gasteiger partial charge in [0.2, 0.25) is 5.91 Å². The smallest absolute Gasteiger partial charge is 0.409 e. The molecule has 0 spiro atoms. The number of benzene rings is 1. The summed E-state index contributed by atoms with van der Waals surface area (Å²) in [5.41, 5.74) is 1.19. The number of halogens is 1. The van der Waals surface area contributed by atoms with Crippen LogP contribution in [0.2, 0.25) is 5.02 Å². The standard InChI is InChI=1S/C19H27ClN2O3/c1-15(2)14-25-19(24)22-12-10-21(11-13-22)18(23)5-3-4-16-6-8-17(20)9-7-16/h6-9,15H,3-5,10-14H2,1-2H3. The van der Waals surface area contributed by atoms with Crippen molar-refractivity contribution in [2.24, 2.45) is 5.92 Å². The van der Waals surface area contributed by atoms with Gasteiger partial charge in [0.05, 0.1) is 6.61 Å². The molecule has 1 aromatic rings. The highest BCUT2D eigenvalue weighted by Crippen LogP contribution is 2.13. The van der Waals surface area contributed by atoms with Crippen LogP contribution in [0.3, 0.4) is 0 Å². The predicted octanol–water partition coefficient (Wildman–Crippen LogP) is 3.60. The van der Waals surface area contributed by atoms with Gasteiger partial charge in [-0.05, 0) is 36.5 Å². The number of hydrogen-bond acceptors (Lipinski definition) is 3. The fourth-order valence-corrected chi connectivity index (χ4v) is 2.85. The van der Waals surface area contributed by atoms with Gasteiger partial charge in [-0.1, -0.05) is 37.6 Å². The van der Waals surface area contributed by atoms with Gasteiger partial charge in [-0.2, -0.15) is 0 Å². The Morgan fingerprint density at radius 3 is 2.28 bits per heavy atom. The third-order valence-electron chi connectivity index (χ3n) is 4.20. The first-order valence-corrected chi connectivity index (χ1v) is 9.27. The average molecular weight is 367 g/mol. The van der Waals surface area contributed by atoms with Crippen LogP contribution in [0.5, 0.6) is 0 Å². The molecule has 2 rings (SSSR count). The van der Waals surface area contributed by atoms with Crippen LogP contribution in [0, 0.1) is 5.92 Å². The second kappa shape index (κ2) is 9.66. The number of rotatable bonds is 6. The lowest BCUT2D eigenvalue weighted by Gasteiger charge is -2.34. The number of hydrogen-bond donors (Lipinski definition) is 0. The zero-order valence-electron chi connectivity index (χ0n) is 15.0. The number of carbonyl (C=O) groups excluding carboxylic acids is 2. The highest BCUT2D eigenvalue weighted by atomic mass is 35.5. The number of piperazine rings is 1. The summed E-state index contributed by atoms with van der Waals surface area (Å²) in [7, 11) is 0. The SMILES string of the molecule is CC(C)COC(=O)N1CCN(C(=O)CCCc2ccc(Cl)cc2)CC1. The lowest BCUT2D eigenvalue weighted by molar-refractivity contribution is -0.132. The first kappa shape index (κ1) is 19.6. The monoisotopic (exact) mass is 366 g/mol. The number of carbonyl (C=O) groups is 2. The first-order valence-electron chi connectivity index (χ1n) is 8.89. The Balaban J connectivity index is 1.66. The van der Waals surface area contributed by atoms with Gasteiger partial charge in [0, 0.05) is 37.6 Å². The van der Waals surface area contributed by atoms with Crippen molar-refractivity contribution >= 4 is 23.6 Å². The predicted molar refractivity (Wildman–Crippen MR) is 98.7 cm³/mol. The Morgan fingerprint density at radius 2 is 1.68 bits per heavy atom. The van der Waals surface area contributed by atoms with Crippen LogP contribution in [-0.4, -0.2) is 54.6 Å². The molecule has 0 radical (unpaired) electrons. The van der Waals surface area contributed by atoms with Crippen molar-refractivity contribution in [3.8, 4) is 0 Å². The molecule has 25 heavy (non-hydrogen) atoms. The molecule has 0 aromatic heterocycles. The topological polar surface area (TPSA) is 49.9 Å². The molecular formula is C19H27ClN2O3. The maximum absolute atomic E-state index is 12.3. The van der Waals surface area contributed by atoms with Gasteiger partial charge >= 0.3 is 6.09 Å². The molecule has 5 nitrogen and oxygen atoms in total. The van der Waals surface area contributed by atoms with Crippen molar-refractivity contribution in [2.45, 2.75) is 33.1 Å². The van der Waals surface area contributed by atoms with E-state index in [1.165, 1.54) is 5.56 Å². The zero-order chi connectivity index (χ0) is 18.2. The maximum atomic E-state index is 12.3. The van der Waals surface area contributed by atoms with Crippen LogP contribution in [0.1, 0.15) is 32.3 Å². The van der Waals surface area contributed by atoms with Crippen LogP contribution in [0.15, 0.2) is 24.3 Å². The van der Waals surface area contributed by atoms with Gasteiger partial charge in [0.25, 0.3) is 0 Å². The summed E-state index contributed by atoms with van der Waals surface area (Å²) in [5.74, 6) is 0.483. The Morgan fingerprint density at radius 1 is 1.08 bits per heavy atom. The third-order valence-corrected chi connectivity index (χ3v) is 4.45. The molecule has 2 amide bonds. The highest BCUT2D eigenvalue weighted by Gasteiger charge is 2.24. The minimum absolute atomic E-state index is 0.157. The Hall–Kier alpha value is -1.75. The molecule has 1 aromatic carbocycles. The van der Waals surface area contributed by atoms with E-state index in [-0.39, 0.29) is 12.0 Å². The molecule has 1 saturated heterocycles. The van der Waals surface area contributed by atoms with Crippen molar-refractivity contribution in [3.05, 3.63) is 34.9 Å². The van der Waals surface area contributed by atoms with Crippen LogP contribution >= 0.6 is 11.6 Å². The van der Waals surface area contributed by atoms with Gasteiger partial charge in [0.15, 0.2) is 0 Å². The van der Waals surface area contributed by atoms with Crippen molar-refractivity contribution in [2.75, 3.05) is 32.8 Å². The van der Waals surface area contributed by atoms with E-state index >= 15 is 0 Å². The highest BCUT2D eigenvalue weighted by molar-refractivity contribution is 6.30. The molecule has 0 saturated carbocycles. The van der Waals surface area contributed by atoms with Crippen molar-refractivity contribution < 1.29 is 14.3 Å². The lowest BCUT2D eigenvalue weighted by Crippen LogP contribution is -2.50. The summed E-state index contributed by atoms with van der Waals surface area (Å²) in [6, 6.07) is 7.73. The van der Waals surface area contributed by atoms with Crippen LogP contribution < -0.4 is 0 Å². The van der Waals surface area contributed by atoms with Gasteiger partial charge in [-0.3, -0.25) is 4.79 Å². The summed E-state index contributed by atoms with van der Waals surface area (Å²) in [4.78, 5) is 27.7. The first-order chi connectivity index (χ1) is 12.0. The Bertz CT molecular complexity index is 567. The van der Waals surface area contributed by atoms with Crippen LogP contribution in [-0.2, 0) is 16.0 Å². The maximum Gasteiger partial charge on any atom is 0.409 e. The largest absolute Gasteiger partial charge is 0.449 e. The summed E-state index contributed by atoms with van der Waals surface area (Å²) >= 11 is 5.87. The number of aryl methyl sites for hydroxylation is 1. The molecule has 6 heteroatoms. The second-order valence-corrected chi connectivity index (χ2v) is 7.26. The van der Waals surface area contributed by atoms with Gasteiger partial charge in [0.1, 0.15) is 0 Å². The van der Waals surface area contributed by atoms with E-state index in [4.69, 9.17) is 16.3 Å². The van der Waals surface area contributed by atoms with E-state index in [0.717, 1.165) is 17.9 Å².